The highest BCUT2D eigenvalue weighted by Crippen LogP contribution is 2.40. The molecule has 0 spiro atoms. The van der Waals surface area contributed by atoms with Gasteiger partial charge < -0.3 is 31.7 Å². The number of carbonyl (C=O) groups excluding carboxylic acids is 3. The number of aromatic nitrogens is 4. The van der Waals surface area contributed by atoms with Crippen LogP contribution >= 0.6 is 23.1 Å². The highest BCUT2D eigenvalue weighted by Gasteiger charge is 2.54. The number of nitrogen functional groups attached to an aromatic ring is 1. The molecule has 2 aliphatic rings. The Morgan fingerprint density at radius 2 is 2.10 bits per heavy atom. The Kier molecular flexibility index (Phi) is 7.47. The van der Waals surface area contributed by atoms with Crippen LogP contribution in [0.15, 0.2) is 58.9 Å². The summed E-state index contributed by atoms with van der Waals surface area (Å²) in [5.74, 6) is -2.86. The van der Waals surface area contributed by atoms with Crippen molar-refractivity contribution in [2.45, 2.75) is 24.6 Å². The Balaban J connectivity index is 1.32. The first-order chi connectivity index (χ1) is 19.2. The molecule has 17 heteroatoms. The second-order valence-corrected chi connectivity index (χ2v) is 10.6. The van der Waals surface area contributed by atoms with Gasteiger partial charge in [-0.2, -0.15) is 0 Å². The van der Waals surface area contributed by atoms with Gasteiger partial charge in [0.25, 0.3) is 11.8 Å². The zero-order valence-electron chi connectivity index (χ0n) is 20.5. The first-order valence-corrected chi connectivity index (χ1v) is 13.5. The van der Waals surface area contributed by atoms with Gasteiger partial charge in [-0.05, 0) is 0 Å². The van der Waals surface area contributed by atoms with Crippen molar-refractivity contribution >= 4 is 57.6 Å². The molecule has 0 saturated carbocycles. The molecule has 3 amide bonds. The van der Waals surface area contributed by atoms with Crippen molar-refractivity contribution in [1.29, 1.82) is 0 Å². The number of nitrogens with zero attached hydrogens (tertiary/aromatic N) is 5. The summed E-state index contributed by atoms with van der Waals surface area (Å²) in [5.41, 5.74) is 12.3. The van der Waals surface area contributed by atoms with Gasteiger partial charge in [-0.3, -0.25) is 19.3 Å². The van der Waals surface area contributed by atoms with Gasteiger partial charge in [-0.15, -0.1) is 23.1 Å². The van der Waals surface area contributed by atoms with Crippen molar-refractivity contribution in [3.8, 4) is 0 Å². The number of carboxylic acid groups (broad SMARTS) is 1. The van der Waals surface area contributed by atoms with Gasteiger partial charge in [0.2, 0.25) is 5.91 Å². The molecular weight excluding hydrogens is 562 g/mol. The maximum Gasteiger partial charge on any atom is 0.352 e. The fraction of sp³-hybridized carbons (Fsp3) is 0.217. The van der Waals surface area contributed by atoms with E-state index in [0.717, 1.165) is 11.3 Å². The lowest BCUT2D eigenvalue weighted by Crippen LogP contribution is -2.71. The van der Waals surface area contributed by atoms with Crippen LogP contribution in [0.1, 0.15) is 21.7 Å². The fourth-order valence-electron chi connectivity index (χ4n) is 4.09. The first-order valence-electron chi connectivity index (χ1n) is 11.6. The maximum atomic E-state index is 13.2. The Morgan fingerprint density at radius 1 is 1.32 bits per heavy atom. The van der Waals surface area contributed by atoms with Crippen LogP contribution in [-0.2, 0) is 32.4 Å². The number of anilines is 1. The minimum Gasteiger partial charge on any atom is -0.477 e. The van der Waals surface area contributed by atoms with E-state index < -0.39 is 35.1 Å². The molecule has 40 heavy (non-hydrogen) atoms. The largest absolute Gasteiger partial charge is 0.477 e. The van der Waals surface area contributed by atoms with Crippen LogP contribution in [0, 0.1) is 0 Å². The van der Waals surface area contributed by atoms with Crippen LogP contribution in [0.2, 0.25) is 0 Å². The Labute approximate surface area is 233 Å². The quantitative estimate of drug-likeness (QED) is 0.0863. The number of rotatable bonds is 10. The predicted molar refractivity (Wildman–Crippen MR) is 141 cm³/mol. The van der Waals surface area contributed by atoms with E-state index in [2.05, 4.69) is 25.4 Å². The van der Waals surface area contributed by atoms with Gasteiger partial charge in [0.05, 0.1) is 23.8 Å². The second kappa shape index (κ2) is 11.1. The Hall–Kier alpha value is -4.77. The number of nitrogens with one attached hydrogen (secondary N) is 2. The number of thioether (sulfide) groups is 1. The van der Waals surface area contributed by atoms with Crippen LogP contribution in [0.3, 0.4) is 0 Å². The predicted octanol–water partition coefficient (Wildman–Crippen LogP) is -0.805. The number of thiazole rings is 1. The van der Waals surface area contributed by atoms with Crippen molar-refractivity contribution < 1.29 is 33.7 Å². The number of nitrogens with two attached hydrogens (primary N) is 2. The number of primary amides is 1. The SMILES string of the molecule is NC(=O)c1cc[n+](CC2=C(C(=O)O)N3C(=O)C(NC(=O)C(=NOCc4cnc[nH]4)c4csc(N)n4)[C@@H]3SC2)cc1. The molecule has 1 saturated heterocycles. The lowest BCUT2D eigenvalue weighted by molar-refractivity contribution is -0.689. The van der Waals surface area contributed by atoms with Gasteiger partial charge in [0, 0.05) is 28.8 Å². The Morgan fingerprint density at radius 3 is 2.73 bits per heavy atom. The van der Waals surface area contributed by atoms with E-state index in [0.29, 0.717) is 22.6 Å². The molecule has 1 fully saturated rings. The summed E-state index contributed by atoms with van der Waals surface area (Å²) in [6, 6.07) is 2.05. The van der Waals surface area contributed by atoms with E-state index in [4.69, 9.17) is 16.3 Å². The van der Waals surface area contributed by atoms with Crippen molar-refractivity contribution in [2.24, 2.45) is 10.9 Å². The third-order valence-electron chi connectivity index (χ3n) is 6.00. The summed E-state index contributed by atoms with van der Waals surface area (Å²) < 4.78 is 1.68. The van der Waals surface area contributed by atoms with Crippen LogP contribution < -0.4 is 21.4 Å². The zero-order chi connectivity index (χ0) is 28.4. The summed E-state index contributed by atoms with van der Waals surface area (Å²) in [4.78, 5) is 67.1. The molecule has 0 aromatic carbocycles. The number of hydrogen-bond acceptors (Lipinski definition) is 11. The summed E-state index contributed by atoms with van der Waals surface area (Å²) in [5, 5.41) is 17.6. The van der Waals surface area contributed by atoms with Crippen molar-refractivity contribution in [2.75, 3.05) is 11.5 Å². The average Bonchev–Trinajstić information content (AvgIpc) is 3.61. The lowest BCUT2D eigenvalue weighted by Gasteiger charge is -2.49. The number of fused-ring (bicyclic) bond motifs is 1. The molecule has 0 radical (unpaired) electrons. The summed E-state index contributed by atoms with van der Waals surface area (Å²) in [6.45, 7) is 0.181. The minimum absolute atomic E-state index is 0.00379. The molecule has 2 atom stereocenters. The third-order valence-corrected chi connectivity index (χ3v) is 8.01. The van der Waals surface area contributed by atoms with Gasteiger partial charge >= 0.3 is 5.97 Å². The standard InChI is InChI=1S/C23H21N9O6S2/c24-18(33)11-1-3-31(4-2-11)6-12-8-39-21-16(20(35)32(21)17(12)22(36)37)29-19(34)15(14-9-40-23(25)28-14)30-38-7-13-5-26-10-27-13/h1-5,9-10,16,21H,6-8H2,(H6-,24,25,26,27,28,29,33,34,36,37)/p+1/t16?,21-/m0/s1. The number of aliphatic carboxylic acids is 1. The smallest absolute Gasteiger partial charge is 0.352 e. The van der Waals surface area contributed by atoms with E-state index in [9.17, 15) is 24.3 Å². The monoisotopic (exact) mass is 584 g/mol. The number of H-pyrrole nitrogens is 1. The summed E-state index contributed by atoms with van der Waals surface area (Å²) in [7, 11) is 0. The van der Waals surface area contributed by atoms with Crippen LogP contribution in [0.5, 0.6) is 0 Å². The minimum atomic E-state index is -1.26. The number of carboxylic acids is 1. The number of amides is 3. The number of carbonyl (C=O) groups is 4. The molecule has 0 aliphatic carbocycles. The molecule has 3 aromatic heterocycles. The molecule has 15 nitrogen and oxygen atoms in total. The van der Waals surface area contributed by atoms with Crippen LogP contribution in [0.25, 0.3) is 0 Å². The van der Waals surface area contributed by atoms with E-state index in [1.165, 1.54) is 46.7 Å². The summed E-state index contributed by atoms with van der Waals surface area (Å²) in [6.07, 6.45) is 6.21. The number of hydrogen-bond donors (Lipinski definition) is 5. The summed E-state index contributed by atoms with van der Waals surface area (Å²) >= 11 is 2.42. The lowest BCUT2D eigenvalue weighted by atomic mass is 10.0. The first kappa shape index (κ1) is 26.8. The molecule has 0 bridgehead atoms. The number of imidazole rings is 1. The van der Waals surface area contributed by atoms with E-state index in [1.54, 1.807) is 17.0 Å². The number of pyridine rings is 1. The number of oxime groups is 1. The van der Waals surface area contributed by atoms with E-state index in [1.807, 2.05) is 0 Å². The third kappa shape index (κ3) is 5.36. The highest BCUT2D eigenvalue weighted by molar-refractivity contribution is 8.00. The average molecular weight is 585 g/mol. The normalized spacial score (nSPS) is 18.6. The van der Waals surface area contributed by atoms with Crippen molar-refractivity contribution in [3.63, 3.8) is 0 Å². The second-order valence-electron chi connectivity index (χ2n) is 8.60. The fourth-order valence-corrected chi connectivity index (χ4v) is 5.98. The molecule has 3 aromatic rings. The molecular formula is C23H22N9O6S2+. The number of aromatic amines is 1. The molecule has 7 N–H and O–H groups in total. The highest BCUT2D eigenvalue weighted by atomic mass is 32.2. The Bertz CT molecular complexity index is 1530. The molecule has 5 heterocycles. The zero-order valence-corrected chi connectivity index (χ0v) is 22.1. The van der Waals surface area contributed by atoms with Crippen molar-refractivity contribution in [1.82, 2.24) is 25.2 Å². The van der Waals surface area contributed by atoms with E-state index in [-0.39, 0.29) is 35.4 Å². The van der Waals surface area contributed by atoms with Gasteiger partial charge in [-0.1, -0.05) is 5.16 Å². The van der Waals surface area contributed by atoms with Gasteiger partial charge in [0.1, 0.15) is 22.8 Å². The molecule has 1 unspecified atom stereocenters. The van der Waals surface area contributed by atoms with E-state index >= 15 is 0 Å². The molecule has 5 rings (SSSR count). The van der Waals surface area contributed by atoms with Gasteiger partial charge in [-0.25, -0.2) is 19.3 Å². The van der Waals surface area contributed by atoms with Crippen LogP contribution in [0.4, 0.5) is 5.13 Å². The molecule has 206 valence electrons. The van der Waals surface area contributed by atoms with Gasteiger partial charge in [0.15, 0.2) is 36.4 Å². The van der Waals surface area contributed by atoms with Crippen molar-refractivity contribution in [3.05, 3.63) is 70.7 Å². The maximum absolute atomic E-state index is 13.2. The molecule has 2 aliphatic heterocycles. The van der Waals surface area contributed by atoms with Crippen LogP contribution in [-0.4, -0.2) is 71.5 Å². The number of β-lactam (4-membered cyclic amide) rings is 1. The topological polar surface area (TPSA) is 223 Å².